The SMILES string of the molecule is Cc1ccc2c(c1)Cc1c-2c2ccccc2c2ccccc12. The number of hydrogen-bond acceptors (Lipinski definition) is 0. The monoisotopic (exact) mass is 280 g/mol. The molecule has 0 nitrogen and oxygen atoms in total. The van der Waals surface area contributed by atoms with Gasteiger partial charge in [0.25, 0.3) is 0 Å². The molecule has 0 N–H and O–H groups in total. The van der Waals surface area contributed by atoms with Gasteiger partial charge in [-0.1, -0.05) is 72.3 Å². The van der Waals surface area contributed by atoms with Gasteiger partial charge >= 0.3 is 0 Å². The lowest BCUT2D eigenvalue weighted by Crippen LogP contribution is -1.87. The molecule has 5 rings (SSSR count). The van der Waals surface area contributed by atoms with E-state index in [4.69, 9.17) is 0 Å². The quantitative estimate of drug-likeness (QED) is 0.311. The molecule has 1 aliphatic carbocycles. The second-order valence-corrected chi connectivity index (χ2v) is 6.28. The summed E-state index contributed by atoms with van der Waals surface area (Å²) in [5.41, 5.74) is 7.18. The van der Waals surface area contributed by atoms with Crippen molar-refractivity contribution in [2.24, 2.45) is 0 Å². The van der Waals surface area contributed by atoms with Crippen molar-refractivity contribution in [3.05, 3.63) is 83.4 Å². The zero-order chi connectivity index (χ0) is 14.7. The van der Waals surface area contributed by atoms with Gasteiger partial charge in [0.2, 0.25) is 0 Å². The van der Waals surface area contributed by atoms with Crippen LogP contribution in [0.3, 0.4) is 0 Å². The average Bonchev–Trinajstić information content (AvgIpc) is 2.94. The summed E-state index contributed by atoms with van der Waals surface area (Å²) >= 11 is 0. The van der Waals surface area contributed by atoms with Crippen molar-refractivity contribution < 1.29 is 0 Å². The highest BCUT2D eigenvalue weighted by molar-refractivity contribution is 6.17. The molecule has 0 heterocycles. The fourth-order valence-corrected chi connectivity index (χ4v) is 4.01. The van der Waals surface area contributed by atoms with Gasteiger partial charge in [-0.25, -0.2) is 0 Å². The Labute approximate surface area is 130 Å². The van der Waals surface area contributed by atoms with Crippen LogP contribution in [0.2, 0.25) is 0 Å². The molecule has 0 aliphatic heterocycles. The van der Waals surface area contributed by atoms with E-state index in [-0.39, 0.29) is 0 Å². The van der Waals surface area contributed by atoms with E-state index in [2.05, 4.69) is 73.7 Å². The Morgan fingerprint density at radius 3 is 2.09 bits per heavy atom. The third kappa shape index (κ3) is 1.47. The highest BCUT2D eigenvalue weighted by Gasteiger charge is 2.23. The van der Waals surface area contributed by atoms with E-state index >= 15 is 0 Å². The molecule has 4 aromatic carbocycles. The Kier molecular flexibility index (Phi) is 2.29. The molecule has 0 radical (unpaired) electrons. The summed E-state index contributed by atoms with van der Waals surface area (Å²) in [6.45, 7) is 2.18. The number of aryl methyl sites for hydroxylation is 1. The molecule has 0 atom stereocenters. The maximum absolute atomic E-state index is 2.35. The topological polar surface area (TPSA) is 0 Å². The first-order valence-corrected chi connectivity index (χ1v) is 7.85. The summed E-state index contributed by atoms with van der Waals surface area (Å²) in [6, 6.07) is 24.6. The first kappa shape index (κ1) is 12.0. The molecular formula is C22H16. The van der Waals surface area contributed by atoms with E-state index in [1.165, 1.54) is 49.4 Å². The standard InChI is InChI=1S/C22H16/c1-14-10-11-16-15(12-14)13-21-19-8-3-2-6-17(19)18-7-4-5-9-20(18)22(16)21/h2-12H,13H2,1H3. The van der Waals surface area contributed by atoms with Crippen molar-refractivity contribution in [3.63, 3.8) is 0 Å². The maximum atomic E-state index is 2.35. The van der Waals surface area contributed by atoms with Gasteiger partial charge in [-0.05, 0) is 57.1 Å². The van der Waals surface area contributed by atoms with Gasteiger partial charge in [-0.3, -0.25) is 0 Å². The Balaban J connectivity index is 2.03. The third-order valence-electron chi connectivity index (χ3n) is 4.94. The molecule has 0 heteroatoms. The van der Waals surface area contributed by atoms with Crippen LogP contribution in [0.5, 0.6) is 0 Å². The van der Waals surface area contributed by atoms with Crippen LogP contribution >= 0.6 is 0 Å². The van der Waals surface area contributed by atoms with Crippen LogP contribution < -0.4 is 0 Å². The number of fused-ring (bicyclic) bond motifs is 8. The van der Waals surface area contributed by atoms with Crippen LogP contribution in [0.25, 0.3) is 32.7 Å². The molecule has 0 bridgehead atoms. The van der Waals surface area contributed by atoms with E-state index < -0.39 is 0 Å². The molecule has 22 heavy (non-hydrogen) atoms. The summed E-state index contributed by atoms with van der Waals surface area (Å²) in [6.07, 6.45) is 1.05. The van der Waals surface area contributed by atoms with Gasteiger partial charge in [-0.15, -0.1) is 0 Å². The Morgan fingerprint density at radius 1 is 0.682 bits per heavy atom. The highest BCUT2D eigenvalue weighted by Crippen LogP contribution is 2.45. The van der Waals surface area contributed by atoms with E-state index in [1.807, 2.05) is 0 Å². The minimum absolute atomic E-state index is 1.05. The molecule has 0 amide bonds. The van der Waals surface area contributed by atoms with Crippen molar-refractivity contribution in [1.29, 1.82) is 0 Å². The molecule has 0 saturated heterocycles. The van der Waals surface area contributed by atoms with Crippen molar-refractivity contribution in [2.75, 3.05) is 0 Å². The first-order valence-electron chi connectivity index (χ1n) is 7.85. The summed E-state index contributed by atoms with van der Waals surface area (Å²) in [5, 5.41) is 5.54. The lowest BCUT2D eigenvalue weighted by molar-refractivity contribution is 1.27. The predicted octanol–water partition coefficient (Wildman–Crippen LogP) is 5.87. The lowest BCUT2D eigenvalue weighted by atomic mass is 9.92. The second-order valence-electron chi connectivity index (χ2n) is 6.28. The fraction of sp³-hybridized carbons (Fsp3) is 0.0909. The first-order chi connectivity index (χ1) is 10.8. The molecule has 0 spiro atoms. The summed E-state index contributed by atoms with van der Waals surface area (Å²) in [5.74, 6) is 0. The van der Waals surface area contributed by atoms with Gasteiger partial charge in [0, 0.05) is 0 Å². The zero-order valence-electron chi connectivity index (χ0n) is 12.6. The average molecular weight is 280 g/mol. The van der Waals surface area contributed by atoms with Gasteiger partial charge in [-0.2, -0.15) is 0 Å². The van der Waals surface area contributed by atoms with Crippen molar-refractivity contribution >= 4 is 21.5 Å². The van der Waals surface area contributed by atoms with E-state index in [0.29, 0.717) is 0 Å². The molecule has 0 fully saturated rings. The molecule has 0 aromatic heterocycles. The van der Waals surface area contributed by atoms with Crippen molar-refractivity contribution in [1.82, 2.24) is 0 Å². The predicted molar refractivity (Wildman–Crippen MR) is 94.4 cm³/mol. The van der Waals surface area contributed by atoms with Crippen LogP contribution in [0.15, 0.2) is 66.7 Å². The normalized spacial score (nSPS) is 12.6. The number of hydrogen-bond donors (Lipinski definition) is 0. The molecule has 0 saturated carbocycles. The van der Waals surface area contributed by atoms with E-state index in [1.54, 1.807) is 0 Å². The third-order valence-corrected chi connectivity index (χ3v) is 4.94. The van der Waals surface area contributed by atoms with E-state index in [9.17, 15) is 0 Å². The summed E-state index contributed by atoms with van der Waals surface area (Å²) < 4.78 is 0. The molecule has 1 aliphatic rings. The Hall–Kier alpha value is -2.60. The minimum Gasteiger partial charge on any atom is -0.0616 e. The van der Waals surface area contributed by atoms with Crippen molar-refractivity contribution in [3.8, 4) is 11.1 Å². The minimum atomic E-state index is 1.05. The van der Waals surface area contributed by atoms with Crippen LogP contribution in [-0.4, -0.2) is 0 Å². The zero-order valence-corrected chi connectivity index (χ0v) is 12.6. The molecule has 104 valence electrons. The highest BCUT2D eigenvalue weighted by atomic mass is 14.3. The summed E-state index contributed by atoms with van der Waals surface area (Å²) in [4.78, 5) is 0. The molecular weight excluding hydrogens is 264 g/mol. The van der Waals surface area contributed by atoms with Gasteiger partial charge in [0.05, 0.1) is 0 Å². The van der Waals surface area contributed by atoms with Crippen LogP contribution in [0.4, 0.5) is 0 Å². The van der Waals surface area contributed by atoms with Gasteiger partial charge in [0.15, 0.2) is 0 Å². The fourth-order valence-electron chi connectivity index (χ4n) is 4.01. The Bertz CT molecular complexity index is 1050. The van der Waals surface area contributed by atoms with Crippen LogP contribution in [0, 0.1) is 6.92 Å². The van der Waals surface area contributed by atoms with E-state index in [0.717, 1.165) is 6.42 Å². The molecule has 0 unspecified atom stereocenters. The van der Waals surface area contributed by atoms with Crippen LogP contribution in [-0.2, 0) is 6.42 Å². The molecule has 4 aromatic rings. The van der Waals surface area contributed by atoms with Gasteiger partial charge < -0.3 is 0 Å². The Morgan fingerprint density at radius 2 is 1.32 bits per heavy atom. The van der Waals surface area contributed by atoms with Gasteiger partial charge in [0.1, 0.15) is 0 Å². The second kappa shape index (κ2) is 4.20. The van der Waals surface area contributed by atoms with Crippen molar-refractivity contribution in [2.45, 2.75) is 13.3 Å². The van der Waals surface area contributed by atoms with Crippen LogP contribution in [0.1, 0.15) is 16.7 Å². The smallest absolute Gasteiger partial charge is 0.000695 e. The summed E-state index contributed by atoms with van der Waals surface area (Å²) in [7, 11) is 0. The maximum Gasteiger partial charge on any atom is -0.000695 e. The lowest BCUT2D eigenvalue weighted by Gasteiger charge is -2.12. The number of rotatable bonds is 0. The number of benzene rings is 4. The largest absolute Gasteiger partial charge is 0.0616 e.